The number of benzene rings is 1. The van der Waals surface area contributed by atoms with Crippen molar-refractivity contribution in [3.8, 4) is 0 Å². The lowest BCUT2D eigenvalue weighted by molar-refractivity contribution is -0.138. The average Bonchev–Trinajstić information content (AvgIpc) is 3.02. The molecular formula is C17H25N3O3S2. The lowest BCUT2D eigenvalue weighted by Crippen LogP contribution is -2.50. The van der Waals surface area contributed by atoms with Gasteiger partial charge in [-0.2, -0.15) is 0 Å². The third-order valence-electron chi connectivity index (χ3n) is 3.92. The first-order chi connectivity index (χ1) is 11.7. The summed E-state index contributed by atoms with van der Waals surface area (Å²) < 4.78 is 23.0. The quantitative estimate of drug-likeness (QED) is 0.779. The first-order valence-electron chi connectivity index (χ1n) is 8.33. The number of thiocarbonyl (C=S) groups is 1. The Balaban J connectivity index is 2.00. The Hall–Kier alpha value is -1.67. The van der Waals surface area contributed by atoms with Crippen LogP contribution in [0.25, 0.3) is 0 Å². The summed E-state index contributed by atoms with van der Waals surface area (Å²) in [6.45, 7) is 6.34. The second kappa shape index (κ2) is 8.14. The molecule has 2 rings (SSSR count). The van der Waals surface area contributed by atoms with Crippen LogP contribution in [0.2, 0.25) is 0 Å². The van der Waals surface area contributed by atoms with Crippen LogP contribution in [-0.4, -0.2) is 55.3 Å². The fourth-order valence-corrected chi connectivity index (χ4v) is 3.49. The zero-order chi connectivity index (χ0) is 18.6. The lowest BCUT2D eigenvalue weighted by Gasteiger charge is -2.30. The van der Waals surface area contributed by atoms with Crippen LogP contribution in [0.15, 0.2) is 29.2 Å². The summed E-state index contributed by atoms with van der Waals surface area (Å²) in [7, 11) is -3.23. The number of amides is 1. The predicted molar refractivity (Wildman–Crippen MR) is 102 cm³/mol. The van der Waals surface area contributed by atoms with Crippen molar-refractivity contribution in [2.24, 2.45) is 5.92 Å². The van der Waals surface area contributed by atoms with E-state index in [9.17, 15) is 13.2 Å². The van der Waals surface area contributed by atoms with Crippen molar-refractivity contribution in [3.63, 3.8) is 0 Å². The van der Waals surface area contributed by atoms with Gasteiger partial charge in [0.15, 0.2) is 14.9 Å². The maximum Gasteiger partial charge on any atom is 0.245 e. The van der Waals surface area contributed by atoms with Gasteiger partial charge < -0.3 is 5.32 Å². The monoisotopic (exact) mass is 383 g/mol. The number of hydrogen-bond acceptors (Lipinski definition) is 4. The highest BCUT2D eigenvalue weighted by atomic mass is 32.2. The molecule has 138 valence electrons. The zero-order valence-corrected chi connectivity index (χ0v) is 16.5. The van der Waals surface area contributed by atoms with Crippen LogP contribution in [0.5, 0.6) is 0 Å². The number of hydrogen-bond donors (Lipinski definition) is 1. The number of nitrogens with zero attached hydrogens (tertiary/aromatic N) is 2. The van der Waals surface area contributed by atoms with E-state index in [1.54, 1.807) is 17.1 Å². The third-order valence-corrected chi connectivity index (χ3v) is 5.41. The Morgan fingerprint density at radius 2 is 1.80 bits per heavy atom. The van der Waals surface area contributed by atoms with Crippen molar-refractivity contribution >= 4 is 33.1 Å². The summed E-state index contributed by atoms with van der Waals surface area (Å²) in [6.07, 6.45) is 2.26. The maximum absolute atomic E-state index is 12.6. The number of carbonyl (C=O) groups is 1. The van der Waals surface area contributed by atoms with Gasteiger partial charge in [-0.1, -0.05) is 26.0 Å². The minimum atomic E-state index is -3.23. The molecule has 8 heteroatoms. The molecule has 0 spiro atoms. The van der Waals surface area contributed by atoms with E-state index >= 15 is 0 Å². The van der Waals surface area contributed by atoms with Crippen LogP contribution in [0.4, 0.5) is 0 Å². The topological polar surface area (TPSA) is 69.7 Å². The van der Waals surface area contributed by atoms with Crippen LogP contribution in [0.3, 0.4) is 0 Å². The highest BCUT2D eigenvalue weighted by Crippen LogP contribution is 2.15. The van der Waals surface area contributed by atoms with Crippen LogP contribution in [-0.2, 0) is 21.1 Å². The first kappa shape index (κ1) is 19.7. The molecule has 0 aromatic heterocycles. The SMILES string of the molecule is CC(C)CNC(=S)N1CCCN1C(=O)Cc1ccc(S(C)(=O)=O)cc1. The van der Waals surface area contributed by atoms with E-state index in [0.717, 1.165) is 25.1 Å². The Kier molecular flexibility index (Phi) is 6.40. The van der Waals surface area contributed by atoms with Gasteiger partial charge >= 0.3 is 0 Å². The molecule has 1 aromatic carbocycles. The Morgan fingerprint density at radius 3 is 2.36 bits per heavy atom. The highest BCUT2D eigenvalue weighted by molar-refractivity contribution is 7.90. The molecule has 0 radical (unpaired) electrons. The maximum atomic E-state index is 12.6. The molecule has 0 bridgehead atoms. The van der Waals surface area contributed by atoms with E-state index < -0.39 is 9.84 Å². The normalized spacial score (nSPS) is 14.9. The summed E-state index contributed by atoms with van der Waals surface area (Å²) in [4.78, 5) is 12.9. The highest BCUT2D eigenvalue weighted by Gasteiger charge is 2.28. The van der Waals surface area contributed by atoms with Crippen molar-refractivity contribution in [1.82, 2.24) is 15.3 Å². The fraction of sp³-hybridized carbons (Fsp3) is 0.529. The number of sulfone groups is 1. The summed E-state index contributed by atoms with van der Waals surface area (Å²) >= 11 is 5.41. The summed E-state index contributed by atoms with van der Waals surface area (Å²) in [5.41, 5.74) is 0.783. The molecule has 0 aliphatic carbocycles. The van der Waals surface area contributed by atoms with Crippen LogP contribution < -0.4 is 5.32 Å². The van der Waals surface area contributed by atoms with Crippen LogP contribution >= 0.6 is 12.2 Å². The van der Waals surface area contributed by atoms with Gasteiger partial charge in [0.05, 0.1) is 11.3 Å². The second-order valence-corrected chi connectivity index (χ2v) is 9.07. The minimum Gasteiger partial charge on any atom is -0.361 e. The molecule has 1 amide bonds. The van der Waals surface area contributed by atoms with Crippen molar-refractivity contribution in [3.05, 3.63) is 29.8 Å². The number of nitrogens with one attached hydrogen (secondary N) is 1. The van der Waals surface area contributed by atoms with Gasteiger partial charge in [-0.15, -0.1) is 0 Å². The molecular weight excluding hydrogens is 358 g/mol. The number of carbonyl (C=O) groups excluding carboxylic acids is 1. The smallest absolute Gasteiger partial charge is 0.245 e. The van der Waals surface area contributed by atoms with Crippen molar-refractivity contribution in [1.29, 1.82) is 0 Å². The van der Waals surface area contributed by atoms with E-state index in [4.69, 9.17) is 12.2 Å². The van der Waals surface area contributed by atoms with E-state index in [-0.39, 0.29) is 17.2 Å². The predicted octanol–water partition coefficient (Wildman–Crippen LogP) is 1.61. The molecule has 1 fully saturated rings. The van der Waals surface area contributed by atoms with Gasteiger partial charge in [-0.25, -0.2) is 8.42 Å². The molecule has 1 saturated heterocycles. The molecule has 1 heterocycles. The summed E-state index contributed by atoms with van der Waals surface area (Å²) in [5.74, 6) is 0.427. The second-order valence-electron chi connectivity index (χ2n) is 6.67. The van der Waals surface area contributed by atoms with Gasteiger partial charge in [0.25, 0.3) is 0 Å². The van der Waals surface area contributed by atoms with Gasteiger partial charge in [-0.3, -0.25) is 14.8 Å². The molecule has 1 aliphatic rings. The Morgan fingerprint density at radius 1 is 1.20 bits per heavy atom. The lowest BCUT2D eigenvalue weighted by atomic mass is 10.1. The Bertz CT molecular complexity index is 730. The van der Waals surface area contributed by atoms with E-state index in [1.165, 1.54) is 18.4 Å². The largest absolute Gasteiger partial charge is 0.361 e. The van der Waals surface area contributed by atoms with Gasteiger partial charge in [0, 0.05) is 25.9 Å². The van der Waals surface area contributed by atoms with E-state index in [2.05, 4.69) is 19.2 Å². The molecule has 0 saturated carbocycles. The standard InChI is InChI=1S/C17H25N3O3S2/c1-13(2)12-18-17(24)20-10-4-9-19(20)16(21)11-14-5-7-15(8-6-14)25(3,22)23/h5-8,13H,4,9-12H2,1-3H3,(H,18,24). The molecule has 6 nitrogen and oxygen atoms in total. The molecule has 25 heavy (non-hydrogen) atoms. The van der Waals surface area contributed by atoms with Crippen molar-refractivity contribution < 1.29 is 13.2 Å². The first-order valence-corrected chi connectivity index (χ1v) is 10.6. The number of hydrazine groups is 1. The molecule has 1 aromatic rings. The van der Waals surface area contributed by atoms with Crippen molar-refractivity contribution in [2.45, 2.75) is 31.6 Å². The van der Waals surface area contributed by atoms with Crippen LogP contribution in [0, 0.1) is 5.92 Å². The zero-order valence-electron chi connectivity index (χ0n) is 14.9. The van der Waals surface area contributed by atoms with Crippen molar-refractivity contribution in [2.75, 3.05) is 25.9 Å². The molecule has 0 atom stereocenters. The Labute approximate surface area is 155 Å². The van der Waals surface area contributed by atoms with Gasteiger partial charge in [0.2, 0.25) is 5.91 Å². The minimum absolute atomic E-state index is 0.0432. The summed E-state index contributed by atoms with van der Waals surface area (Å²) in [5, 5.41) is 7.27. The average molecular weight is 384 g/mol. The summed E-state index contributed by atoms with van der Waals surface area (Å²) in [6, 6.07) is 6.44. The van der Waals surface area contributed by atoms with E-state index in [0.29, 0.717) is 17.6 Å². The third kappa shape index (κ3) is 5.40. The van der Waals surface area contributed by atoms with Crippen LogP contribution in [0.1, 0.15) is 25.8 Å². The molecule has 1 aliphatic heterocycles. The van der Waals surface area contributed by atoms with Gasteiger partial charge in [0.1, 0.15) is 0 Å². The fourth-order valence-electron chi connectivity index (χ4n) is 2.59. The van der Waals surface area contributed by atoms with E-state index in [1.807, 2.05) is 5.01 Å². The van der Waals surface area contributed by atoms with Gasteiger partial charge in [-0.05, 0) is 42.3 Å². The molecule has 0 unspecified atom stereocenters. The molecule has 1 N–H and O–H groups in total. The number of rotatable bonds is 5.